The smallest absolute Gasteiger partial charge is 0.411 e. The van der Waals surface area contributed by atoms with E-state index in [1.807, 2.05) is 54.6 Å². The number of benzene rings is 3. The van der Waals surface area contributed by atoms with Crippen LogP contribution in [-0.4, -0.2) is 30.1 Å². The van der Waals surface area contributed by atoms with Crippen molar-refractivity contribution in [2.24, 2.45) is 5.73 Å². The fourth-order valence-corrected chi connectivity index (χ4v) is 4.02. The van der Waals surface area contributed by atoms with E-state index in [0.29, 0.717) is 23.5 Å². The van der Waals surface area contributed by atoms with Crippen LogP contribution in [0.1, 0.15) is 22.7 Å². The quantitative estimate of drug-likeness (QED) is 0.523. The zero-order chi connectivity index (χ0) is 23.2. The van der Waals surface area contributed by atoms with Gasteiger partial charge in [0.1, 0.15) is 25.0 Å². The first-order valence-electron chi connectivity index (χ1n) is 10.5. The molecule has 1 aliphatic rings. The molecule has 0 bridgehead atoms. The van der Waals surface area contributed by atoms with Crippen molar-refractivity contribution < 1.29 is 19.1 Å². The molecular formula is C25H24BrN3O4. The van der Waals surface area contributed by atoms with E-state index in [-0.39, 0.29) is 25.7 Å². The number of hydrogen-bond donors (Lipinski definition) is 2. The number of ether oxygens (including phenoxy) is 2. The Morgan fingerprint density at radius 1 is 1.06 bits per heavy atom. The Morgan fingerprint density at radius 3 is 2.64 bits per heavy atom. The van der Waals surface area contributed by atoms with Crippen LogP contribution in [0.25, 0.3) is 0 Å². The lowest BCUT2D eigenvalue weighted by atomic mass is 10.0. The summed E-state index contributed by atoms with van der Waals surface area (Å²) in [7, 11) is 0. The van der Waals surface area contributed by atoms with E-state index in [1.54, 1.807) is 18.2 Å². The van der Waals surface area contributed by atoms with Crippen LogP contribution in [0.3, 0.4) is 0 Å². The van der Waals surface area contributed by atoms with Crippen LogP contribution in [0, 0.1) is 0 Å². The molecule has 3 N–H and O–H groups in total. The fourth-order valence-electron chi connectivity index (χ4n) is 3.68. The first kappa shape index (κ1) is 22.8. The summed E-state index contributed by atoms with van der Waals surface area (Å²) >= 11 is 3.44. The Morgan fingerprint density at radius 2 is 1.85 bits per heavy atom. The highest BCUT2D eigenvalue weighted by Gasteiger charge is 2.36. The second-order valence-corrected chi connectivity index (χ2v) is 8.48. The van der Waals surface area contributed by atoms with Gasteiger partial charge in [-0.1, -0.05) is 64.5 Å². The zero-order valence-corrected chi connectivity index (χ0v) is 19.5. The molecule has 0 aromatic heterocycles. The summed E-state index contributed by atoms with van der Waals surface area (Å²) in [6.07, 6.45) is -0.589. The number of nitrogens with two attached hydrogens (primary N) is 1. The SMILES string of the molecule is NCc1cccc(NC(=O)[C@H]2c3ccc(Br)cc3OCCN2C(=O)OCc2ccccc2)c1. The van der Waals surface area contributed by atoms with Crippen molar-refractivity contribution in [1.29, 1.82) is 0 Å². The van der Waals surface area contributed by atoms with Gasteiger partial charge in [-0.2, -0.15) is 0 Å². The van der Waals surface area contributed by atoms with Crippen LogP contribution in [0.15, 0.2) is 77.3 Å². The van der Waals surface area contributed by atoms with Gasteiger partial charge in [0.2, 0.25) is 0 Å². The summed E-state index contributed by atoms with van der Waals surface area (Å²) in [6.45, 7) is 0.893. The highest BCUT2D eigenvalue weighted by molar-refractivity contribution is 9.10. The average molecular weight is 510 g/mol. The minimum atomic E-state index is -0.930. The largest absolute Gasteiger partial charge is 0.491 e. The van der Waals surface area contributed by atoms with Crippen molar-refractivity contribution in [2.45, 2.75) is 19.2 Å². The van der Waals surface area contributed by atoms with E-state index in [0.717, 1.165) is 15.6 Å². The Hall–Kier alpha value is -3.36. The van der Waals surface area contributed by atoms with Crippen LogP contribution in [0.4, 0.5) is 10.5 Å². The summed E-state index contributed by atoms with van der Waals surface area (Å²) in [5.74, 6) is 0.175. The molecule has 0 spiro atoms. The van der Waals surface area contributed by atoms with Crippen molar-refractivity contribution >= 4 is 33.6 Å². The van der Waals surface area contributed by atoms with Gasteiger partial charge >= 0.3 is 6.09 Å². The molecule has 3 aromatic carbocycles. The molecular weight excluding hydrogens is 486 g/mol. The highest BCUT2D eigenvalue weighted by atomic mass is 79.9. The maximum Gasteiger partial charge on any atom is 0.411 e. The molecule has 8 heteroatoms. The summed E-state index contributed by atoms with van der Waals surface area (Å²) in [6, 6.07) is 21.2. The predicted molar refractivity (Wildman–Crippen MR) is 129 cm³/mol. The molecule has 0 saturated heterocycles. The number of amides is 2. The standard InChI is InChI=1S/C25H24BrN3O4/c26-19-9-10-21-22(14-19)32-12-11-29(25(31)33-16-17-5-2-1-3-6-17)23(21)24(30)28-20-8-4-7-18(13-20)15-27/h1-10,13-14,23H,11-12,15-16,27H2,(H,28,30)/t23-/m1/s1. The first-order chi connectivity index (χ1) is 16.0. The summed E-state index contributed by atoms with van der Waals surface area (Å²) in [4.78, 5) is 28.0. The highest BCUT2D eigenvalue weighted by Crippen LogP contribution is 2.35. The van der Waals surface area contributed by atoms with Gasteiger partial charge < -0.3 is 20.5 Å². The van der Waals surface area contributed by atoms with E-state index >= 15 is 0 Å². The van der Waals surface area contributed by atoms with Gasteiger partial charge in [0.15, 0.2) is 0 Å². The van der Waals surface area contributed by atoms with Gasteiger partial charge in [0.25, 0.3) is 5.91 Å². The van der Waals surface area contributed by atoms with Gasteiger partial charge in [-0.15, -0.1) is 0 Å². The molecule has 1 atom stereocenters. The van der Waals surface area contributed by atoms with Crippen molar-refractivity contribution in [3.05, 3.63) is 94.0 Å². The average Bonchev–Trinajstić information content (AvgIpc) is 3.02. The zero-order valence-electron chi connectivity index (χ0n) is 17.9. The minimum Gasteiger partial charge on any atom is -0.491 e. The van der Waals surface area contributed by atoms with Crippen LogP contribution < -0.4 is 15.8 Å². The number of anilines is 1. The molecule has 33 heavy (non-hydrogen) atoms. The lowest BCUT2D eigenvalue weighted by Crippen LogP contribution is -2.42. The molecule has 2 amide bonds. The Labute approximate surface area is 200 Å². The van der Waals surface area contributed by atoms with Gasteiger partial charge in [0.05, 0.1) is 6.54 Å². The number of hydrogen-bond acceptors (Lipinski definition) is 5. The lowest BCUT2D eigenvalue weighted by molar-refractivity contribution is -0.121. The number of fused-ring (bicyclic) bond motifs is 1. The first-order valence-corrected chi connectivity index (χ1v) is 11.3. The van der Waals surface area contributed by atoms with Crippen molar-refractivity contribution in [2.75, 3.05) is 18.5 Å². The minimum absolute atomic E-state index is 0.108. The Kier molecular flexibility index (Phi) is 7.26. The molecule has 0 unspecified atom stereocenters. The van der Waals surface area contributed by atoms with Crippen LogP contribution in [0.2, 0.25) is 0 Å². The van der Waals surface area contributed by atoms with Crippen LogP contribution >= 0.6 is 15.9 Å². The molecule has 0 fully saturated rings. The Balaban J connectivity index is 1.62. The van der Waals surface area contributed by atoms with Gasteiger partial charge in [-0.3, -0.25) is 9.69 Å². The van der Waals surface area contributed by atoms with E-state index in [2.05, 4.69) is 21.2 Å². The van der Waals surface area contributed by atoms with Crippen molar-refractivity contribution in [1.82, 2.24) is 4.90 Å². The lowest BCUT2D eigenvalue weighted by Gasteiger charge is -2.28. The van der Waals surface area contributed by atoms with Gasteiger partial charge in [0, 0.05) is 22.3 Å². The third kappa shape index (κ3) is 5.53. The number of halogens is 1. The fraction of sp³-hybridized carbons (Fsp3) is 0.200. The molecule has 4 rings (SSSR count). The molecule has 0 saturated carbocycles. The third-order valence-electron chi connectivity index (χ3n) is 5.29. The van der Waals surface area contributed by atoms with Crippen molar-refractivity contribution in [3.8, 4) is 5.75 Å². The maximum atomic E-state index is 13.5. The maximum absolute atomic E-state index is 13.5. The summed E-state index contributed by atoms with van der Waals surface area (Å²) in [5.41, 5.74) is 8.67. The number of nitrogens with one attached hydrogen (secondary N) is 1. The predicted octanol–water partition coefficient (Wildman–Crippen LogP) is 4.62. The van der Waals surface area contributed by atoms with E-state index in [9.17, 15) is 9.59 Å². The molecule has 170 valence electrons. The molecule has 1 aliphatic heterocycles. The van der Waals surface area contributed by atoms with E-state index in [4.69, 9.17) is 15.2 Å². The third-order valence-corrected chi connectivity index (χ3v) is 5.78. The summed E-state index contributed by atoms with van der Waals surface area (Å²) < 4.78 is 12.2. The van der Waals surface area contributed by atoms with Crippen LogP contribution in [-0.2, 0) is 22.7 Å². The van der Waals surface area contributed by atoms with E-state index < -0.39 is 12.1 Å². The molecule has 0 radical (unpaired) electrons. The second kappa shape index (κ2) is 10.5. The number of rotatable bonds is 5. The second-order valence-electron chi connectivity index (χ2n) is 7.56. The van der Waals surface area contributed by atoms with Crippen molar-refractivity contribution in [3.63, 3.8) is 0 Å². The number of carbonyl (C=O) groups excluding carboxylic acids is 2. The molecule has 3 aromatic rings. The molecule has 0 aliphatic carbocycles. The van der Waals surface area contributed by atoms with Crippen LogP contribution in [0.5, 0.6) is 5.75 Å². The monoisotopic (exact) mass is 509 g/mol. The van der Waals surface area contributed by atoms with E-state index in [1.165, 1.54) is 4.90 Å². The Bertz CT molecular complexity index is 1140. The summed E-state index contributed by atoms with van der Waals surface area (Å²) in [5, 5.41) is 2.92. The molecule has 7 nitrogen and oxygen atoms in total. The number of nitrogens with zero attached hydrogens (tertiary/aromatic N) is 1. The normalized spacial score (nSPS) is 15.1. The number of carbonyl (C=O) groups is 2. The topological polar surface area (TPSA) is 93.9 Å². The van der Waals surface area contributed by atoms with Gasteiger partial charge in [-0.05, 0) is 35.4 Å². The van der Waals surface area contributed by atoms with Gasteiger partial charge in [-0.25, -0.2) is 4.79 Å². The molecule has 1 heterocycles.